The molecule has 1 heterocycles. The van der Waals surface area contributed by atoms with Gasteiger partial charge in [0.2, 0.25) is 5.91 Å². The van der Waals surface area contributed by atoms with Crippen molar-refractivity contribution < 1.29 is 9.59 Å². The Hall–Kier alpha value is -2.86. The predicted molar refractivity (Wildman–Crippen MR) is 157 cm³/mol. The number of aromatic nitrogens is 1. The molecule has 3 aromatic rings. The van der Waals surface area contributed by atoms with E-state index in [-0.39, 0.29) is 30.3 Å². The molecular weight excluding hydrogens is 538 g/mol. The van der Waals surface area contributed by atoms with Gasteiger partial charge < -0.3 is 14.4 Å². The summed E-state index contributed by atoms with van der Waals surface area (Å²) in [5, 5.41) is 0. The smallest absolute Gasteiger partial charge is 0.254 e. The van der Waals surface area contributed by atoms with E-state index in [4.69, 9.17) is 0 Å². The van der Waals surface area contributed by atoms with Crippen LogP contribution in [0.2, 0.25) is 0 Å². The van der Waals surface area contributed by atoms with Gasteiger partial charge in [0.25, 0.3) is 5.91 Å². The molecule has 0 N–H and O–H groups in total. The zero-order valence-electron chi connectivity index (χ0n) is 22.9. The molecule has 0 bridgehead atoms. The second kappa shape index (κ2) is 13.3. The molecule has 1 saturated carbocycles. The Morgan fingerprint density at radius 2 is 1.66 bits per heavy atom. The second-order valence-electron chi connectivity index (χ2n) is 11.0. The highest BCUT2D eigenvalue weighted by Gasteiger charge is 2.29. The SMILES string of the molecule is Cc1ccc(C(=O)N(CC(=O)N(Cc2cccn2Cc2ccc(Br)cc2)C2CCCCC2)CC(C)C)cc1. The number of hydrogen-bond donors (Lipinski definition) is 0. The molecule has 2 aromatic carbocycles. The summed E-state index contributed by atoms with van der Waals surface area (Å²) in [6.45, 7) is 8.17. The molecule has 202 valence electrons. The van der Waals surface area contributed by atoms with E-state index in [2.05, 4.69) is 81.8 Å². The maximum absolute atomic E-state index is 14.0. The quantitative estimate of drug-likeness (QED) is 0.259. The first-order chi connectivity index (χ1) is 18.3. The molecule has 1 fully saturated rings. The van der Waals surface area contributed by atoms with Gasteiger partial charge >= 0.3 is 0 Å². The molecule has 0 atom stereocenters. The molecule has 0 unspecified atom stereocenters. The Labute approximate surface area is 236 Å². The van der Waals surface area contributed by atoms with Crippen LogP contribution in [0.15, 0.2) is 71.3 Å². The number of benzene rings is 2. The first-order valence-electron chi connectivity index (χ1n) is 13.8. The summed E-state index contributed by atoms with van der Waals surface area (Å²) in [6, 6.07) is 20.4. The van der Waals surface area contributed by atoms with Crippen LogP contribution in [0.4, 0.5) is 0 Å². The third-order valence-electron chi connectivity index (χ3n) is 7.36. The normalized spacial score (nSPS) is 14.0. The van der Waals surface area contributed by atoms with E-state index in [0.717, 1.165) is 48.0 Å². The molecule has 2 amide bonds. The van der Waals surface area contributed by atoms with Gasteiger partial charge in [0.1, 0.15) is 6.54 Å². The highest BCUT2D eigenvalue weighted by molar-refractivity contribution is 9.10. The lowest BCUT2D eigenvalue weighted by Crippen LogP contribution is -2.48. The Bertz CT molecular complexity index is 1190. The van der Waals surface area contributed by atoms with Gasteiger partial charge in [-0.3, -0.25) is 9.59 Å². The molecule has 38 heavy (non-hydrogen) atoms. The van der Waals surface area contributed by atoms with Crippen LogP contribution in [0.3, 0.4) is 0 Å². The van der Waals surface area contributed by atoms with Crippen molar-refractivity contribution in [3.8, 4) is 0 Å². The van der Waals surface area contributed by atoms with E-state index in [9.17, 15) is 9.59 Å². The summed E-state index contributed by atoms with van der Waals surface area (Å²) < 4.78 is 3.30. The third-order valence-corrected chi connectivity index (χ3v) is 7.88. The molecule has 0 radical (unpaired) electrons. The van der Waals surface area contributed by atoms with Crippen LogP contribution in [-0.2, 0) is 17.9 Å². The third kappa shape index (κ3) is 7.59. The first-order valence-corrected chi connectivity index (χ1v) is 14.6. The van der Waals surface area contributed by atoms with E-state index in [1.807, 2.05) is 31.2 Å². The summed E-state index contributed by atoms with van der Waals surface area (Å²) in [5.74, 6) is 0.229. The summed E-state index contributed by atoms with van der Waals surface area (Å²) >= 11 is 3.51. The van der Waals surface area contributed by atoms with Crippen LogP contribution < -0.4 is 0 Å². The topological polar surface area (TPSA) is 45.6 Å². The first kappa shape index (κ1) is 28.2. The fourth-order valence-corrected chi connectivity index (χ4v) is 5.58. The summed E-state index contributed by atoms with van der Waals surface area (Å²) in [4.78, 5) is 31.2. The molecule has 6 heteroatoms. The standard InChI is InChI=1S/C32H40BrN3O2/c1-24(2)20-35(32(38)27-15-11-25(3)12-16-27)23-31(37)36(29-8-5-4-6-9-29)22-30-10-7-19-34(30)21-26-13-17-28(33)18-14-26/h7,10-19,24,29H,4-6,8-9,20-23H2,1-3H3. The summed E-state index contributed by atoms with van der Waals surface area (Å²) in [7, 11) is 0. The predicted octanol–water partition coefficient (Wildman–Crippen LogP) is 7.07. The lowest BCUT2D eigenvalue weighted by molar-refractivity contribution is -0.135. The zero-order chi connectivity index (χ0) is 27.1. The Kier molecular flexibility index (Phi) is 9.84. The van der Waals surface area contributed by atoms with Crippen molar-refractivity contribution in [1.82, 2.24) is 14.4 Å². The van der Waals surface area contributed by atoms with Crippen LogP contribution >= 0.6 is 15.9 Å². The van der Waals surface area contributed by atoms with Crippen molar-refractivity contribution in [2.24, 2.45) is 5.92 Å². The number of carbonyl (C=O) groups is 2. The number of amides is 2. The highest BCUT2D eigenvalue weighted by atomic mass is 79.9. The molecule has 1 aliphatic rings. The van der Waals surface area contributed by atoms with Gasteiger partial charge in [-0.2, -0.15) is 0 Å². The Morgan fingerprint density at radius 1 is 0.974 bits per heavy atom. The summed E-state index contributed by atoms with van der Waals surface area (Å²) in [6.07, 6.45) is 7.65. The maximum Gasteiger partial charge on any atom is 0.254 e. The number of nitrogens with zero attached hydrogens (tertiary/aromatic N) is 3. The van der Waals surface area contributed by atoms with Crippen LogP contribution in [0.1, 0.15) is 73.1 Å². The van der Waals surface area contributed by atoms with E-state index < -0.39 is 0 Å². The van der Waals surface area contributed by atoms with Crippen molar-refractivity contribution in [3.63, 3.8) is 0 Å². The number of rotatable bonds is 10. The highest BCUT2D eigenvalue weighted by Crippen LogP contribution is 2.25. The van der Waals surface area contributed by atoms with Crippen LogP contribution in [0.25, 0.3) is 0 Å². The monoisotopic (exact) mass is 577 g/mol. The zero-order valence-corrected chi connectivity index (χ0v) is 24.5. The Balaban J connectivity index is 1.55. The van der Waals surface area contributed by atoms with Crippen molar-refractivity contribution in [2.45, 2.75) is 72.0 Å². The van der Waals surface area contributed by atoms with Crippen LogP contribution in [0, 0.1) is 12.8 Å². The van der Waals surface area contributed by atoms with Crippen molar-refractivity contribution in [3.05, 3.63) is 93.7 Å². The number of halogens is 1. The Morgan fingerprint density at radius 3 is 2.32 bits per heavy atom. The number of carbonyl (C=O) groups excluding carboxylic acids is 2. The van der Waals surface area contributed by atoms with Crippen molar-refractivity contribution in [2.75, 3.05) is 13.1 Å². The molecule has 0 saturated heterocycles. The lowest BCUT2D eigenvalue weighted by atomic mass is 9.94. The average molecular weight is 579 g/mol. The fourth-order valence-electron chi connectivity index (χ4n) is 5.31. The van der Waals surface area contributed by atoms with Gasteiger partial charge in [-0.05, 0) is 67.6 Å². The van der Waals surface area contributed by atoms with Gasteiger partial charge in [-0.25, -0.2) is 0 Å². The van der Waals surface area contributed by atoms with E-state index in [0.29, 0.717) is 18.7 Å². The number of hydrogen-bond acceptors (Lipinski definition) is 2. The van der Waals surface area contributed by atoms with Crippen molar-refractivity contribution >= 4 is 27.7 Å². The van der Waals surface area contributed by atoms with Crippen LogP contribution in [0.5, 0.6) is 0 Å². The van der Waals surface area contributed by atoms with Gasteiger partial charge in [-0.1, -0.05) is 78.9 Å². The van der Waals surface area contributed by atoms with E-state index in [1.54, 1.807) is 4.90 Å². The van der Waals surface area contributed by atoms with Gasteiger partial charge in [0.05, 0.1) is 6.54 Å². The van der Waals surface area contributed by atoms with Crippen LogP contribution in [-0.4, -0.2) is 45.3 Å². The van der Waals surface area contributed by atoms with Gasteiger partial charge in [-0.15, -0.1) is 0 Å². The minimum absolute atomic E-state index is 0.0365. The number of aryl methyl sites for hydroxylation is 1. The van der Waals surface area contributed by atoms with E-state index in [1.165, 1.54) is 12.0 Å². The van der Waals surface area contributed by atoms with E-state index >= 15 is 0 Å². The molecular formula is C32H40BrN3O2. The molecule has 0 spiro atoms. The maximum atomic E-state index is 14.0. The minimum Gasteiger partial charge on any atom is -0.345 e. The minimum atomic E-state index is -0.0748. The second-order valence-corrected chi connectivity index (χ2v) is 11.9. The molecule has 4 rings (SSSR count). The lowest BCUT2D eigenvalue weighted by Gasteiger charge is -2.36. The largest absolute Gasteiger partial charge is 0.345 e. The molecule has 1 aliphatic carbocycles. The van der Waals surface area contributed by atoms with Gasteiger partial charge in [0, 0.05) is 41.1 Å². The fraction of sp³-hybridized carbons (Fsp3) is 0.438. The average Bonchev–Trinajstić information content (AvgIpc) is 3.35. The molecule has 5 nitrogen and oxygen atoms in total. The summed E-state index contributed by atoms with van der Waals surface area (Å²) in [5.41, 5.74) is 4.08. The van der Waals surface area contributed by atoms with Gasteiger partial charge in [0.15, 0.2) is 0 Å². The molecule has 1 aromatic heterocycles. The van der Waals surface area contributed by atoms with Crippen molar-refractivity contribution in [1.29, 1.82) is 0 Å². The molecule has 0 aliphatic heterocycles.